The number of amides is 4. The number of carbonyl (C=O) groups is 3. The van der Waals surface area contributed by atoms with E-state index < -0.39 is 18.0 Å². The van der Waals surface area contributed by atoms with Gasteiger partial charge >= 0.3 is 6.03 Å². The lowest BCUT2D eigenvalue weighted by molar-refractivity contribution is -0.120. The number of imide groups is 1. The van der Waals surface area contributed by atoms with Gasteiger partial charge < -0.3 is 10.6 Å². The molecule has 3 rings (SSSR count). The van der Waals surface area contributed by atoms with Crippen LogP contribution < -0.4 is 16.0 Å². The molecule has 0 aliphatic carbocycles. The van der Waals surface area contributed by atoms with E-state index in [2.05, 4.69) is 26.1 Å². The van der Waals surface area contributed by atoms with Crippen molar-refractivity contribution in [2.24, 2.45) is 0 Å². The van der Waals surface area contributed by atoms with Crippen LogP contribution in [-0.4, -0.2) is 34.1 Å². The van der Waals surface area contributed by atoms with Crippen LogP contribution in [0.25, 0.3) is 0 Å². The summed E-state index contributed by atoms with van der Waals surface area (Å²) in [6.07, 6.45) is 0.998. The highest BCUT2D eigenvalue weighted by Gasteiger charge is 2.29. The number of anilines is 1. The van der Waals surface area contributed by atoms with E-state index in [1.54, 1.807) is 0 Å². The molecular weight excluding hydrogens is 342 g/mol. The Balaban J connectivity index is 1.51. The van der Waals surface area contributed by atoms with Crippen molar-refractivity contribution >= 4 is 34.3 Å². The first-order valence-electron chi connectivity index (χ1n) is 7.79. The fraction of sp³-hybridized carbons (Fsp3) is 0.312. The summed E-state index contributed by atoms with van der Waals surface area (Å²) in [5, 5.41) is 16.6. The van der Waals surface area contributed by atoms with Crippen molar-refractivity contribution in [2.75, 3.05) is 5.32 Å². The molecule has 3 N–H and O–H groups in total. The summed E-state index contributed by atoms with van der Waals surface area (Å²) in [5.41, 5.74) is 2.35. The van der Waals surface area contributed by atoms with Crippen LogP contribution in [0.3, 0.4) is 0 Å². The Labute approximate surface area is 148 Å². The number of nitrogens with zero attached hydrogens (tertiary/aromatic N) is 2. The summed E-state index contributed by atoms with van der Waals surface area (Å²) in [4.78, 5) is 34.4. The number of hydrogen-bond acceptors (Lipinski definition) is 6. The fourth-order valence-electron chi connectivity index (χ4n) is 2.47. The summed E-state index contributed by atoms with van der Waals surface area (Å²) in [6, 6.07) is 6.85. The van der Waals surface area contributed by atoms with E-state index in [0.29, 0.717) is 11.6 Å². The second kappa shape index (κ2) is 7.39. The second-order valence-corrected chi connectivity index (χ2v) is 6.77. The summed E-state index contributed by atoms with van der Waals surface area (Å²) >= 11 is 1.32. The first-order chi connectivity index (χ1) is 12.0. The molecule has 1 fully saturated rings. The van der Waals surface area contributed by atoms with Crippen LogP contribution in [0.1, 0.15) is 29.0 Å². The standard InChI is InChI=1S/C16H17N5O3S/c1-9-4-2-3-5-10(9)8-13-20-21-16(25-13)18-12(22)7-6-11-14(23)19-15(24)17-11/h2-5,11H,6-8H2,1H3,(H,18,21,22)(H2,17,19,23,24)/t11-/m0/s1. The lowest BCUT2D eigenvalue weighted by Gasteiger charge is -2.06. The van der Waals surface area contributed by atoms with Crippen molar-refractivity contribution < 1.29 is 14.4 Å². The molecule has 130 valence electrons. The molecule has 1 saturated heterocycles. The Hall–Kier alpha value is -2.81. The van der Waals surface area contributed by atoms with Gasteiger partial charge in [-0.2, -0.15) is 0 Å². The lowest BCUT2D eigenvalue weighted by atomic mass is 10.1. The summed E-state index contributed by atoms with van der Waals surface area (Å²) < 4.78 is 0. The predicted molar refractivity (Wildman–Crippen MR) is 92.2 cm³/mol. The third kappa shape index (κ3) is 4.38. The Morgan fingerprint density at radius 2 is 2.08 bits per heavy atom. The van der Waals surface area contributed by atoms with Gasteiger partial charge in [0.15, 0.2) is 0 Å². The van der Waals surface area contributed by atoms with Crippen molar-refractivity contribution in [3.8, 4) is 0 Å². The van der Waals surface area contributed by atoms with Crippen LogP contribution in [-0.2, 0) is 16.0 Å². The van der Waals surface area contributed by atoms with Gasteiger partial charge in [-0.15, -0.1) is 10.2 Å². The molecule has 0 unspecified atom stereocenters. The van der Waals surface area contributed by atoms with Crippen molar-refractivity contribution in [3.63, 3.8) is 0 Å². The Bertz CT molecular complexity index is 820. The second-order valence-electron chi connectivity index (χ2n) is 5.71. The normalized spacial score (nSPS) is 16.4. The zero-order valence-corrected chi connectivity index (χ0v) is 14.4. The van der Waals surface area contributed by atoms with E-state index in [9.17, 15) is 14.4 Å². The summed E-state index contributed by atoms with van der Waals surface area (Å²) in [5.74, 6) is -0.679. The minimum absolute atomic E-state index is 0.102. The van der Waals surface area contributed by atoms with Crippen molar-refractivity contribution in [1.82, 2.24) is 20.8 Å². The molecule has 2 heterocycles. The van der Waals surface area contributed by atoms with Gasteiger partial charge in [0.2, 0.25) is 11.0 Å². The number of urea groups is 1. The molecule has 1 atom stereocenters. The van der Waals surface area contributed by atoms with Crippen LogP contribution in [0.2, 0.25) is 0 Å². The largest absolute Gasteiger partial charge is 0.326 e. The van der Waals surface area contributed by atoms with E-state index in [4.69, 9.17) is 0 Å². The van der Waals surface area contributed by atoms with Gasteiger partial charge in [-0.05, 0) is 24.5 Å². The van der Waals surface area contributed by atoms with Crippen LogP contribution in [0.15, 0.2) is 24.3 Å². The fourth-order valence-corrected chi connectivity index (χ4v) is 3.25. The van der Waals surface area contributed by atoms with E-state index in [1.165, 1.54) is 22.5 Å². The minimum Gasteiger partial charge on any atom is -0.326 e. The highest BCUT2D eigenvalue weighted by Crippen LogP contribution is 2.20. The SMILES string of the molecule is Cc1ccccc1Cc1nnc(NC(=O)CC[C@@H]2NC(=O)NC2=O)s1. The molecule has 0 spiro atoms. The molecule has 1 aromatic carbocycles. The maximum atomic E-state index is 12.0. The number of carbonyl (C=O) groups excluding carboxylic acids is 3. The first kappa shape index (κ1) is 17.0. The van der Waals surface area contributed by atoms with Crippen LogP contribution in [0.4, 0.5) is 9.93 Å². The highest BCUT2D eigenvalue weighted by molar-refractivity contribution is 7.15. The van der Waals surface area contributed by atoms with E-state index in [0.717, 1.165) is 5.01 Å². The Morgan fingerprint density at radius 1 is 1.28 bits per heavy atom. The molecule has 1 aliphatic rings. The average Bonchev–Trinajstić information content (AvgIpc) is 3.13. The third-order valence-electron chi connectivity index (χ3n) is 3.83. The number of hydrogen-bond donors (Lipinski definition) is 3. The average molecular weight is 359 g/mol. The van der Waals surface area contributed by atoms with Crippen LogP contribution in [0.5, 0.6) is 0 Å². The number of aromatic nitrogens is 2. The van der Waals surface area contributed by atoms with Gasteiger partial charge in [-0.25, -0.2) is 4.79 Å². The van der Waals surface area contributed by atoms with Gasteiger partial charge in [-0.1, -0.05) is 35.6 Å². The van der Waals surface area contributed by atoms with Gasteiger partial charge in [0.1, 0.15) is 11.0 Å². The quantitative estimate of drug-likeness (QED) is 0.674. The van der Waals surface area contributed by atoms with Gasteiger partial charge in [0.25, 0.3) is 5.91 Å². The molecule has 4 amide bonds. The van der Waals surface area contributed by atoms with Crippen molar-refractivity contribution in [2.45, 2.75) is 32.2 Å². The molecular formula is C16H17N5O3S. The lowest BCUT2D eigenvalue weighted by Crippen LogP contribution is -2.30. The van der Waals surface area contributed by atoms with Crippen molar-refractivity contribution in [1.29, 1.82) is 0 Å². The maximum absolute atomic E-state index is 12.0. The number of aryl methyl sites for hydroxylation is 1. The maximum Gasteiger partial charge on any atom is 0.322 e. The first-order valence-corrected chi connectivity index (χ1v) is 8.61. The molecule has 25 heavy (non-hydrogen) atoms. The third-order valence-corrected chi connectivity index (χ3v) is 4.67. The summed E-state index contributed by atoms with van der Waals surface area (Å²) in [7, 11) is 0. The molecule has 2 aromatic rings. The molecule has 1 aliphatic heterocycles. The Kier molecular flexibility index (Phi) is 5.03. The van der Waals surface area contributed by atoms with Gasteiger partial charge in [-0.3, -0.25) is 14.9 Å². The molecule has 9 heteroatoms. The molecule has 8 nitrogen and oxygen atoms in total. The van der Waals surface area contributed by atoms with Gasteiger partial charge in [0.05, 0.1) is 0 Å². The topological polar surface area (TPSA) is 113 Å². The van der Waals surface area contributed by atoms with Crippen LogP contribution >= 0.6 is 11.3 Å². The van der Waals surface area contributed by atoms with Crippen LogP contribution in [0, 0.1) is 6.92 Å². The summed E-state index contributed by atoms with van der Waals surface area (Å²) in [6.45, 7) is 2.04. The predicted octanol–water partition coefficient (Wildman–Crippen LogP) is 1.36. The number of benzene rings is 1. The van der Waals surface area contributed by atoms with E-state index >= 15 is 0 Å². The van der Waals surface area contributed by atoms with Crippen molar-refractivity contribution in [3.05, 3.63) is 40.4 Å². The van der Waals surface area contributed by atoms with E-state index in [1.807, 2.05) is 31.2 Å². The van der Waals surface area contributed by atoms with Gasteiger partial charge in [0, 0.05) is 12.8 Å². The molecule has 0 radical (unpaired) electrons. The monoisotopic (exact) mass is 359 g/mol. The molecule has 0 saturated carbocycles. The zero-order chi connectivity index (χ0) is 17.8. The minimum atomic E-state index is -0.663. The molecule has 1 aromatic heterocycles. The van der Waals surface area contributed by atoms with E-state index in [-0.39, 0.29) is 18.7 Å². The Morgan fingerprint density at radius 3 is 2.80 bits per heavy atom. The smallest absolute Gasteiger partial charge is 0.322 e. The number of nitrogens with one attached hydrogen (secondary N) is 3. The molecule has 0 bridgehead atoms. The zero-order valence-electron chi connectivity index (χ0n) is 13.5. The highest BCUT2D eigenvalue weighted by atomic mass is 32.1. The number of rotatable bonds is 6.